The summed E-state index contributed by atoms with van der Waals surface area (Å²) >= 11 is 0. The Morgan fingerprint density at radius 1 is 1.50 bits per heavy atom. The molecule has 1 aliphatic rings. The molecule has 1 heterocycles. The molecule has 0 aromatic rings. The lowest BCUT2D eigenvalue weighted by Gasteiger charge is -2.26. The van der Waals surface area contributed by atoms with Gasteiger partial charge in [0.15, 0.2) is 0 Å². The summed E-state index contributed by atoms with van der Waals surface area (Å²) in [5.74, 6) is -0.228. The summed E-state index contributed by atoms with van der Waals surface area (Å²) in [6.07, 6.45) is 1.30. The van der Waals surface area contributed by atoms with Gasteiger partial charge in [0, 0.05) is 25.9 Å². The van der Waals surface area contributed by atoms with E-state index in [1.165, 1.54) is 0 Å². The highest BCUT2D eigenvalue weighted by molar-refractivity contribution is 5.78. The Labute approximate surface area is 96.6 Å². The number of rotatable bonds is 4. The average Bonchev–Trinajstić information content (AvgIpc) is 2.46. The number of hydrogen-bond acceptors (Lipinski definition) is 2. The van der Waals surface area contributed by atoms with Gasteiger partial charge in [0.05, 0.1) is 0 Å². The molecule has 16 heavy (non-hydrogen) atoms. The molecular formula is C12H21NO3. The van der Waals surface area contributed by atoms with E-state index in [2.05, 4.69) is 20.8 Å². The number of hydrogen-bond donors (Lipinski definition) is 1. The van der Waals surface area contributed by atoms with E-state index >= 15 is 0 Å². The maximum atomic E-state index is 11.7. The Balaban J connectivity index is 2.40. The molecule has 0 saturated carbocycles. The highest BCUT2D eigenvalue weighted by atomic mass is 16.4. The number of carbonyl (C=O) groups excluding carboxylic acids is 1. The van der Waals surface area contributed by atoms with Crippen molar-refractivity contribution in [1.82, 2.24) is 4.90 Å². The van der Waals surface area contributed by atoms with Crippen LogP contribution in [0.5, 0.6) is 0 Å². The zero-order valence-electron chi connectivity index (χ0n) is 10.3. The summed E-state index contributed by atoms with van der Waals surface area (Å²) in [5.41, 5.74) is 0.150. The van der Waals surface area contributed by atoms with Crippen LogP contribution >= 0.6 is 0 Å². The van der Waals surface area contributed by atoms with Crippen molar-refractivity contribution in [3.63, 3.8) is 0 Å². The Kier molecular flexibility index (Phi) is 3.94. The maximum absolute atomic E-state index is 11.7. The SMILES string of the molecule is CC(C)(C)C1CC(=O)N(CCCC(=O)O)C1. The van der Waals surface area contributed by atoms with Crippen LogP contribution in [0, 0.1) is 11.3 Å². The zero-order valence-corrected chi connectivity index (χ0v) is 10.3. The van der Waals surface area contributed by atoms with Crippen LogP contribution in [0.3, 0.4) is 0 Å². The lowest BCUT2D eigenvalue weighted by atomic mass is 9.80. The standard InChI is InChI=1S/C12H21NO3/c1-12(2,3)9-7-10(14)13(8-9)6-4-5-11(15)16/h9H,4-8H2,1-3H3,(H,15,16). The van der Waals surface area contributed by atoms with Crippen LogP contribution in [0.2, 0.25) is 0 Å². The maximum Gasteiger partial charge on any atom is 0.303 e. The van der Waals surface area contributed by atoms with E-state index < -0.39 is 5.97 Å². The smallest absolute Gasteiger partial charge is 0.303 e. The van der Waals surface area contributed by atoms with E-state index in [0.29, 0.717) is 25.3 Å². The molecule has 1 fully saturated rings. The number of likely N-dealkylation sites (tertiary alicyclic amines) is 1. The highest BCUT2D eigenvalue weighted by Gasteiger charge is 2.36. The number of carboxylic acid groups (broad SMARTS) is 1. The second kappa shape index (κ2) is 4.85. The van der Waals surface area contributed by atoms with Gasteiger partial charge in [0.25, 0.3) is 0 Å². The third kappa shape index (κ3) is 3.51. The number of carbonyl (C=O) groups is 2. The summed E-state index contributed by atoms with van der Waals surface area (Å²) in [7, 11) is 0. The molecule has 4 nitrogen and oxygen atoms in total. The van der Waals surface area contributed by atoms with Crippen molar-refractivity contribution in [2.24, 2.45) is 11.3 Å². The second-order valence-electron chi connectivity index (χ2n) is 5.60. The van der Waals surface area contributed by atoms with Crippen molar-refractivity contribution in [3.05, 3.63) is 0 Å². The van der Waals surface area contributed by atoms with E-state index in [1.54, 1.807) is 4.90 Å². The van der Waals surface area contributed by atoms with Crippen LogP contribution in [0.15, 0.2) is 0 Å². The van der Waals surface area contributed by atoms with Gasteiger partial charge in [-0.25, -0.2) is 0 Å². The van der Waals surface area contributed by atoms with Crippen LogP contribution in [0.1, 0.15) is 40.0 Å². The summed E-state index contributed by atoms with van der Waals surface area (Å²) in [6, 6.07) is 0. The molecule has 0 radical (unpaired) electrons. The molecule has 1 amide bonds. The van der Waals surface area contributed by atoms with Gasteiger partial charge in [-0.3, -0.25) is 9.59 Å². The molecular weight excluding hydrogens is 206 g/mol. The first kappa shape index (κ1) is 13.0. The molecule has 0 bridgehead atoms. The fourth-order valence-electron chi connectivity index (χ4n) is 1.99. The largest absolute Gasteiger partial charge is 0.481 e. The number of nitrogens with zero attached hydrogens (tertiary/aromatic N) is 1. The minimum Gasteiger partial charge on any atom is -0.481 e. The van der Waals surface area contributed by atoms with Crippen molar-refractivity contribution in [3.8, 4) is 0 Å². The quantitative estimate of drug-likeness (QED) is 0.796. The van der Waals surface area contributed by atoms with Gasteiger partial charge < -0.3 is 10.0 Å². The zero-order chi connectivity index (χ0) is 12.3. The summed E-state index contributed by atoms with van der Waals surface area (Å²) in [6.45, 7) is 7.79. The van der Waals surface area contributed by atoms with E-state index in [4.69, 9.17) is 5.11 Å². The minimum atomic E-state index is -0.793. The van der Waals surface area contributed by atoms with Gasteiger partial charge in [-0.1, -0.05) is 20.8 Å². The van der Waals surface area contributed by atoms with Gasteiger partial charge in [-0.05, 0) is 17.8 Å². The van der Waals surface area contributed by atoms with Crippen molar-refractivity contribution in [1.29, 1.82) is 0 Å². The van der Waals surface area contributed by atoms with E-state index in [0.717, 1.165) is 6.54 Å². The van der Waals surface area contributed by atoms with E-state index in [1.807, 2.05) is 0 Å². The van der Waals surface area contributed by atoms with Gasteiger partial charge in [-0.15, -0.1) is 0 Å². The predicted molar refractivity (Wildman–Crippen MR) is 61.0 cm³/mol. The first-order valence-electron chi connectivity index (χ1n) is 5.80. The molecule has 1 rings (SSSR count). The normalized spacial score (nSPS) is 21.6. The molecule has 0 aliphatic carbocycles. The topological polar surface area (TPSA) is 57.6 Å². The molecule has 1 saturated heterocycles. The predicted octanol–water partition coefficient (Wildman–Crippen LogP) is 1.75. The highest BCUT2D eigenvalue weighted by Crippen LogP contribution is 2.34. The van der Waals surface area contributed by atoms with Gasteiger partial charge >= 0.3 is 5.97 Å². The summed E-state index contributed by atoms with van der Waals surface area (Å²) in [5, 5.41) is 8.53. The van der Waals surface area contributed by atoms with E-state index in [-0.39, 0.29) is 17.7 Å². The average molecular weight is 227 g/mol. The molecule has 1 N–H and O–H groups in total. The van der Waals surface area contributed by atoms with Gasteiger partial charge in [0.2, 0.25) is 5.91 Å². The third-order valence-electron chi connectivity index (χ3n) is 3.26. The fourth-order valence-corrected chi connectivity index (χ4v) is 1.99. The molecule has 0 aromatic carbocycles. The lowest BCUT2D eigenvalue weighted by Crippen LogP contribution is -2.28. The van der Waals surface area contributed by atoms with Gasteiger partial charge in [-0.2, -0.15) is 0 Å². The van der Waals surface area contributed by atoms with Crippen molar-refractivity contribution >= 4 is 11.9 Å². The summed E-state index contributed by atoms with van der Waals surface area (Å²) in [4.78, 5) is 23.9. The first-order chi connectivity index (χ1) is 7.30. The third-order valence-corrected chi connectivity index (χ3v) is 3.26. The fraction of sp³-hybridized carbons (Fsp3) is 0.833. The van der Waals surface area contributed by atoms with Crippen LogP contribution < -0.4 is 0 Å². The van der Waals surface area contributed by atoms with Crippen LogP contribution in [0.4, 0.5) is 0 Å². The molecule has 92 valence electrons. The Morgan fingerprint density at radius 3 is 2.56 bits per heavy atom. The Bertz CT molecular complexity index is 280. The Morgan fingerprint density at radius 2 is 2.12 bits per heavy atom. The summed E-state index contributed by atoms with van der Waals surface area (Å²) < 4.78 is 0. The van der Waals surface area contributed by atoms with Crippen molar-refractivity contribution < 1.29 is 14.7 Å². The monoisotopic (exact) mass is 227 g/mol. The second-order valence-corrected chi connectivity index (χ2v) is 5.60. The lowest BCUT2D eigenvalue weighted by molar-refractivity contribution is -0.137. The van der Waals surface area contributed by atoms with Gasteiger partial charge in [0.1, 0.15) is 0 Å². The number of aliphatic carboxylic acids is 1. The van der Waals surface area contributed by atoms with Crippen LogP contribution in [-0.4, -0.2) is 35.0 Å². The molecule has 1 atom stereocenters. The number of carboxylic acids is 1. The molecule has 0 spiro atoms. The Hall–Kier alpha value is -1.06. The van der Waals surface area contributed by atoms with Crippen molar-refractivity contribution in [2.75, 3.05) is 13.1 Å². The number of amides is 1. The van der Waals surface area contributed by atoms with E-state index in [9.17, 15) is 9.59 Å². The first-order valence-corrected chi connectivity index (χ1v) is 5.80. The minimum absolute atomic E-state index is 0.143. The molecule has 0 aromatic heterocycles. The molecule has 1 unspecified atom stereocenters. The van der Waals surface area contributed by atoms with Crippen LogP contribution in [0.25, 0.3) is 0 Å². The van der Waals surface area contributed by atoms with Crippen LogP contribution in [-0.2, 0) is 9.59 Å². The molecule has 4 heteroatoms. The van der Waals surface area contributed by atoms with Crippen molar-refractivity contribution in [2.45, 2.75) is 40.0 Å². The molecule has 1 aliphatic heterocycles.